The molecule has 0 bridgehead atoms. The summed E-state index contributed by atoms with van der Waals surface area (Å²) in [5, 5.41) is 0. The van der Waals surface area contributed by atoms with E-state index in [1.54, 1.807) is 6.21 Å². The van der Waals surface area contributed by atoms with Crippen molar-refractivity contribution in [2.24, 2.45) is 4.99 Å². The number of allylic oxidation sites excluding steroid dienone is 2. The van der Waals surface area contributed by atoms with Crippen molar-refractivity contribution in [3.8, 4) is 5.75 Å². The molecule has 2 aliphatic heterocycles. The Balaban J connectivity index is 0.00000156. The van der Waals surface area contributed by atoms with Gasteiger partial charge in [-0.05, 0) is 44.4 Å². The molecule has 0 radical (unpaired) electrons. The first-order valence-corrected chi connectivity index (χ1v) is 7.68. The Kier molecular flexibility index (Phi) is 8.16. The lowest BCUT2D eigenvalue weighted by atomic mass is 10.0. The van der Waals surface area contributed by atoms with Gasteiger partial charge in [0.15, 0.2) is 5.78 Å². The number of hydrogen-bond donors (Lipinski definition) is 0. The van der Waals surface area contributed by atoms with E-state index in [4.69, 9.17) is 9.47 Å². The van der Waals surface area contributed by atoms with Gasteiger partial charge in [-0.1, -0.05) is 0 Å². The maximum absolute atomic E-state index is 11.8. The van der Waals surface area contributed by atoms with Crippen LogP contribution in [-0.2, 0) is 9.53 Å². The SMILES string of the molecule is CN(C)CCOc1ccc(C2=CCC3=C(N=CCC3=O)O2)cc1.Cl.Cl. The first kappa shape index (κ1) is 21.2. The van der Waals surface area contributed by atoms with Gasteiger partial charge >= 0.3 is 0 Å². The summed E-state index contributed by atoms with van der Waals surface area (Å²) in [4.78, 5) is 18.1. The Bertz CT molecular complexity index is 695. The molecule has 0 atom stereocenters. The van der Waals surface area contributed by atoms with E-state index in [2.05, 4.69) is 9.89 Å². The topological polar surface area (TPSA) is 51.1 Å². The summed E-state index contributed by atoms with van der Waals surface area (Å²) in [5.41, 5.74) is 1.62. The minimum Gasteiger partial charge on any atom is -0.492 e. The molecule has 5 nitrogen and oxygen atoms in total. The molecule has 0 saturated carbocycles. The predicted octanol–water partition coefficient (Wildman–Crippen LogP) is 3.49. The zero-order valence-electron chi connectivity index (χ0n) is 14.2. The van der Waals surface area contributed by atoms with Crippen LogP contribution in [0.3, 0.4) is 0 Å². The van der Waals surface area contributed by atoms with Gasteiger partial charge in [-0.3, -0.25) is 4.79 Å². The van der Waals surface area contributed by atoms with Gasteiger partial charge < -0.3 is 14.4 Å². The number of ether oxygens (including phenoxy) is 2. The Hall–Kier alpha value is -1.82. The number of aliphatic imine (C=N–C) groups is 1. The minimum absolute atomic E-state index is 0. The Labute approximate surface area is 160 Å². The van der Waals surface area contributed by atoms with Gasteiger partial charge in [0.2, 0.25) is 5.88 Å². The summed E-state index contributed by atoms with van der Waals surface area (Å²) in [7, 11) is 4.03. The number of carbonyl (C=O) groups is 1. The molecule has 0 saturated heterocycles. The van der Waals surface area contributed by atoms with Crippen molar-refractivity contribution in [1.82, 2.24) is 4.90 Å². The maximum atomic E-state index is 11.8. The van der Waals surface area contributed by atoms with Crippen LogP contribution in [0.15, 0.2) is 46.8 Å². The Morgan fingerprint density at radius 1 is 1.16 bits per heavy atom. The van der Waals surface area contributed by atoms with E-state index in [1.807, 2.05) is 44.4 Å². The van der Waals surface area contributed by atoms with Gasteiger partial charge in [-0.2, -0.15) is 0 Å². The van der Waals surface area contributed by atoms with E-state index in [9.17, 15) is 4.79 Å². The third kappa shape index (κ3) is 5.33. The normalized spacial score (nSPS) is 15.6. The second kappa shape index (κ2) is 9.61. The van der Waals surface area contributed by atoms with Crippen LogP contribution >= 0.6 is 24.8 Å². The van der Waals surface area contributed by atoms with Crippen LogP contribution < -0.4 is 4.74 Å². The van der Waals surface area contributed by atoms with Crippen LogP contribution in [0, 0.1) is 0 Å². The van der Waals surface area contributed by atoms with Crippen molar-refractivity contribution in [3.63, 3.8) is 0 Å². The molecule has 0 spiro atoms. The zero-order valence-corrected chi connectivity index (χ0v) is 15.9. The molecule has 0 N–H and O–H groups in total. The molecule has 0 unspecified atom stereocenters. The second-order valence-electron chi connectivity index (χ2n) is 5.77. The van der Waals surface area contributed by atoms with Crippen molar-refractivity contribution in [2.45, 2.75) is 12.8 Å². The summed E-state index contributed by atoms with van der Waals surface area (Å²) in [6, 6.07) is 7.76. The van der Waals surface area contributed by atoms with Gasteiger partial charge in [0.1, 0.15) is 18.1 Å². The number of likely N-dealkylation sites (N-methyl/N-ethyl adjacent to an activating group) is 1. The van der Waals surface area contributed by atoms with Gasteiger partial charge in [0.25, 0.3) is 0 Å². The number of Topliss-reactive ketones (excluding diaryl/α,β-unsaturated/α-hetero) is 1. The van der Waals surface area contributed by atoms with E-state index in [1.165, 1.54) is 0 Å². The molecule has 1 aromatic carbocycles. The highest BCUT2D eigenvalue weighted by Crippen LogP contribution is 2.31. The van der Waals surface area contributed by atoms with E-state index >= 15 is 0 Å². The van der Waals surface area contributed by atoms with Crippen molar-refractivity contribution in [2.75, 3.05) is 27.2 Å². The lowest BCUT2D eigenvalue weighted by Gasteiger charge is -2.20. The van der Waals surface area contributed by atoms with E-state index < -0.39 is 0 Å². The van der Waals surface area contributed by atoms with Crippen molar-refractivity contribution in [1.29, 1.82) is 0 Å². The fourth-order valence-electron chi connectivity index (χ4n) is 2.40. The van der Waals surface area contributed by atoms with Crippen LogP contribution in [0.5, 0.6) is 5.75 Å². The van der Waals surface area contributed by atoms with Gasteiger partial charge in [-0.25, -0.2) is 4.99 Å². The quantitative estimate of drug-likeness (QED) is 0.779. The highest BCUT2D eigenvalue weighted by atomic mass is 35.5. The van der Waals surface area contributed by atoms with Crippen LogP contribution in [0.25, 0.3) is 5.76 Å². The monoisotopic (exact) mass is 384 g/mol. The highest BCUT2D eigenvalue weighted by Gasteiger charge is 2.23. The number of carbonyl (C=O) groups excluding carboxylic acids is 1. The molecule has 0 fully saturated rings. The lowest BCUT2D eigenvalue weighted by Crippen LogP contribution is -2.19. The van der Waals surface area contributed by atoms with Crippen LogP contribution in [0.4, 0.5) is 0 Å². The summed E-state index contributed by atoms with van der Waals surface area (Å²) in [6.07, 6.45) is 4.47. The average Bonchev–Trinajstić information content (AvgIpc) is 2.55. The summed E-state index contributed by atoms with van der Waals surface area (Å²) in [5.74, 6) is 2.09. The Morgan fingerprint density at radius 3 is 2.56 bits per heavy atom. The molecule has 1 aromatic rings. The molecule has 136 valence electrons. The maximum Gasteiger partial charge on any atom is 0.226 e. The number of nitrogens with zero attached hydrogens (tertiary/aromatic N) is 2. The Morgan fingerprint density at radius 2 is 1.88 bits per heavy atom. The molecule has 0 aliphatic carbocycles. The fraction of sp³-hybridized carbons (Fsp3) is 0.333. The van der Waals surface area contributed by atoms with E-state index in [0.29, 0.717) is 30.9 Å². The van der Waals surface area contributed by atoms with Gasteiger partial charge in [0, 0.05) is 31.2 Å². The first-order valence-electron chi connectivity index (χ1n) is 7.68. The molecule has 0 amide bonds. The van der Waals surface area contributed by atoms with Crippen LogP contribution in [0.1, 0.15) is 18.4 Å². The summed E-state index contributed by atoms with van der Waals surface area (Å²) < 4.78 is 11.5. The van der Waals surface area contributed by atoms with Crippen LogP contribution in [0.2, 0.25) is 0 Å². The molecular weight excluding hydrogens is 363 g/mol. The van der Waals surface area contributed by atoms with Gasteiger partial charge in [0.05, 0.1) is 5.57 Å². The standard InChI is InChI=1S/C18H20N2O3.2ClH/c1-20(2)11-12-22-14-5-3-13(4-6-14)17-8-7-15-16(21)9-10-19-18(15)23-17;;/h3-6,8,10H,7,9,11-12H2,1-2H3;2*1H. The van der Waals surface area contributed by atoms with E-state index in [-0.39, 0.29) is 30.6 Å². The smallest absolute Gasteiger partial charge is 0.226 e. The molecule has 2 heterocycles. The fourth-order valence-corrected chi connectivity index (χ4v) is 2.40. The van der Waals surface area contributed by atoms with Crippen molar-refractivity contribution in [3.05, 3.63) is 47.4 Å². The lowest BCUT2D eigenvalue weighted by molar-refractivity contribution is -0.114. The largest absolute Gasteiger partial charge is 0.492 e. The minimum atomic E-state index is 0. The number of halogens is 2. The van der Waals surface area contributed by atoms with E-state index in [0.717, 1.165) is 23.6 Å². The summed E-state index contributed by atoms with van der Waals surface area (Å²) >= 11 is 0. The third-order valence-corrected chi connectivity index (χ3v) is 3.72. The number of hydrogen-bond acceptors (Lipinski definition) is 5. The highest BCUT2D eigenvalue weighted by molar-refractivity contribution is 6.06. The van der Waals surface area contributed by atoms with Crippen LogP contribution in [-0.4, -0.2) is 44.1 Å². The molecule has 25 heavy (non-hydrogen) atoms. The molecular formula is C18H22Cl2N2O3. The third-order valence-electron chi connectivity index (χ3n) is 3.72. The number of benzene rings is 1. The number of ketones is 1. The number of rotatable bonds is 5. The second-order valence-corrected chi connectivity index (χ2v) is 5.77. The zero-order chi connectivity index (χ0) is 16.2. The molecule has 7 heteroatoms. The molecule has 3 rings (SSSR count). The molecule has 2 aliphatic rings. The van der Waals surface area contributed by atoms with Crippen molar-refractivity contribution < 1.29 is 14.3 Å². The average molecular weight is 385 g/mol. The predicted molar refractivity (Wildman–Crippen MR) is 104 cm³/mol. The first-order chi connectivity index (χ1) is 11.1. The van der Waals surface area contributed by atoms with Gasteiger partial charge in [-0.15, -0.1) is 24.8 Å². The van der Waals surface area contributed by atoms with Crippen molar-refractivity contribution >= 4 is 42.6 Å². The molecule has 0 aromatic heterocycles. The summed E-state index contributed by atoms with van der Waals surface area (Å²) in [6.45, 7) is 1.53.